The van der Waals surface area contributed by atoms with Crippen molar-refractivity contribution >= 4 is 38.7 Å². The number of hydrogen-bond acceptors (Lipinski definition) is 5. The number of hydrogen-bond donors (Lipinski definition) is 2. The van der Waals surface area contributed by atoms with Crippen molar-refractivity contribution in [2.45, 2.75) is 4.90 Å². The summed E-state index contributed by atoms with van der Waals surface area (Å²) in [5.74, 6) is -1.26. The molecule has 0 saturated carbocycles. The maximum absolute atomic E-state index is 12.2. The van der Waals surface area contributed by atoms with Gasteiger partial charge >= 0.3 is 5.97 Å². The van der Waals surface area contributed by atoms with E-state index in [0.29, 0.717) is 5.69 Å². The lowest BCUT2D eigenvalue weighted by Crippen LogP contribution is -2.15. The minimum atomic E-state index is -3.91. The number of carboxylic acids is 1. The van der Waals surface area contributed by atoms with Crippen LogP contribution in [0.15, 0.2) is 40.6 Å². The summed E-state index contributed by atoms with van der Waals surface area (Å²) in [5, 5.41) is 10.4. The molecule has 0 unspecified atom stereocenters. The van der Waals surface area contributed by atoms with Crippen molar-refractivity contribution in [1.82, 2.24) is 0 Å². The lowest BCUT2D eigenvalue weighted by Gasteiger charge is -2.13. The maximum atomic E-state index is 12.2. The van der Waals surface area contributed by atoms with E-state index in [1.165, 1.54) is 11.4 Å². The number of aromatic carboxylic acids is 1. The van der Waals surface area contributed by atoms with Gasteiger partial charge in [0.2, 0.25) is 0 Å². The van der Waals surface area contributed by atoms with Crippen LogP contribution >= 0.6 is 11.3 Å². The van der Waals surface area contributed by atoms with Gasteiger partial charge in [0.05, 0.1) is 0 Å². The summed E-state index contributed by atoms with van der Waals surface area (Å²) in [4.78, 5) is 12.5. The molecule has 0 aliphatic heterocycles. The van der Waals surface area contributed by atoms with E-state index >= 15 is 0 Å². The third kappa shape index (κ3) is 3.34. The van der Waals surface area contributed by atoms with Crippen LogP contribution in [-0.2, 0) is 10.0 Å². The zero-order chi connectivity index (χ0) is 15.6. The Balaban J connectivity index is 2.29. The fraction of sp³-hybridized carbons (Fsp3) is 0.154. The van der Waals surface area contributed by atoms with Crippen LogP contribution in [0.4, 0.5) is 11.4 Å². The zero-order valence-electron chi connectivity index (χ0n) is 11.4. The Kier molecular flexibility index (Phi) is 4.19. The fourth-order valence-corrected chi connectivity index (χ4v) is 4.02. The molecule has 1 aromatic carbocycles. The van der Waals surface area contributed by atoms with E-state index in [0.717, 1.165) is 17.0 Å². The van der Waals surface area contributed by atoms with Crippen molar-refractivity contribution < 1.29 is 18.3 Å². The highest BCUT2D eigenvalue weighted by Crippen LogP contribution is 2.25. The molecule has 2 rings (SSSR count). The molecule has 0 spiro atoms. The van der Waals surface area contributed by atoms with Crippen molar-refractivity contribution in [3.05, 3.63) is 40.6 Å². The number of carboxylic acid groups (broad SMARTS) is 1. The predicted octanol–water partition coefficient (Wildman–Crippen LogP) is 2.31. The van der Waals surface area contributed by atoms with Crippen molar-refractivity contribution in [3.63, 3.8) is 0 Å². The van der Waals surface area contributed by atoms with Crippen LogP contribution in [0.2, 0.25) is 0 Å². The van der Waals surface area contributed by atoms with E-state index in [-0.39, 0.29) is 9.77 Å². The standard InChI is InChI=1S/C13H14N2O4S2/c1-15(2)10-5-3-9(4-6-10)14-21(18,19)11-7-8-20-12(11)13(16)17/h3-8,14H,1-2H3,(H,16,17). The molecule has 0 bridgehead atoms. The van der Waals surface area contributed by atoms with E-state index in [4.69, 9.17) is 5.11 Å². The largest absolute Gasteiger partial charge is 0.477 e. The lowest BCUT2D eigenvalue weighted by atomic mass is 10.3. The molecule has 0 saturated heterocycles. The SMILES string of the molecule is CN(C)c1ccc(NS(=O)(=O)c2ccsc2C(=O)O)cc1. The first-order valence-electron chi connectivity index (χ1n) is 5.92. The highest BCUT2D eigenvalue weighted by atomic mass is 32.2. The van der Waals surface area contributed by atoms with Gasteiger partial charge in [0.25, 0.3) is 10.0 Å². The molecule has 112 valence electrons. The minimum Gasteiger partial charge on any atom is -0.477 e. The Hall–Kier alpha value is -2.06. The Morgan fingerprint density at radius 1 is 1.19 bits per heavy atom. The molecule has 0 amide bonds. The molecular weight excluding hydrogens is 312 g/mol. The maximum Gasteiger partial charge on any atom is 0.347 e. The minimum absolute atomic E-state index is 0.201. The molecule has 0 atom stereocenters. The van der Waals surface area contributed by atoms with Crippen molar-refractivity contribution in [1.29, 1.82) is 0 Å². The van der Waals surface area contributed by atoms with Crippen molar-refractivity contribution in [3.8, 4) is 0 Å². The fourth-order valence-electron chi connectivity index (χ4n) is 1.70. The number of sulfonamides is 1. The molecule has 0 fully saturated rings. The van der Waals surface area contributed by atoms with Crippen LogP contribution in [0.1, 0.15) is 9.67 Å². The third-order valence-electron chi connectivity index (χ3n) is 2.75. The van der Waals surface area contributed by atoms with Gasteiger partial charge in [-0.05, 0) is 35.7 Å². The smallest absolute Gasteiger partial charge is 0.347 e. The summed E-state index contributed by atoms with van der Waals surface area (Å²) < 4.78 is 26.8. The van der Waals surface area contributed by atoms with Gasteiger partial charge in [0.1, 0.15) is 9.77 Å². The van der Waals surface area contributed by atoms with Gasteiger partial charge in [-0.25, -0.2) is 13.2 Å². The highest BCUT2D eigenvalue weighted by molar-refractivity contribution is 7.93. The van der Waals surface area contributed by atoms with E-state index in [1.807, 2.05) is 19.0 Å². The van der Waals surface area contributed by atoms with Gasteiger partial charge in [-0.3, -0.25) is 4.72 Å². The Labute approximate surface area is 126 Å². The summed E-state index contributed by atoms with van der Waals surface area (Å²) in [7, 11) is -0.156. The second-order valence-electron chi connectivity index (χ2n) is 4.47. The Bertz CT molecular complexity index is 749. The van der Waals surface area contributed by atoms with Crippen LogP contribution in [0.25, 0.3) is 0 Å². The molecule has 1 heterocycles. The zero-order valence-corrected chi connectivity index (χ0v) is 13.0. The molecule has 1 aromatic heterocycles. The van der Waals surface area contributed by atoms with Gasteiger partial charge in [-0.15, -0.1) is 11.3 Å². The van der Waals surface area contributed by atoms with E-state index < -0.39 is 16.0 Å². The molecule has 6 nitrogen and oxygen atoms in total. The first-order chi connectivity index (χ1) is 9.81. The molecule has 0 radical (unpaired) electrons. The summed E-state index contributed by atoms with van der Waals surface area (Å²) >= 11 is 0.876. The van der Waals surface area contributed by atoms with Gasteiger partial charge in [0, 0.05) is 25.5 Å². The second kappa shape index (κ2) is 5.74. The average Bonchev–Trinajstić information content (AvgIpc) is 2.89. The van der Waals surface area contributed by atoms with Crippen LogP contribution in [0.3, 0.4) is 0 Å². The molecule has 2 aromatic rings. The number of rotatable bonds is 5. The molecule has 2 N–H and O–H groups in total. The number of nitrogens with zero attached hydrogens (tertiary/aromatic N) is 1. The molecular formula is C13H14N2O4S2. The van der Waals surface area contributed by atoms with Crippen LogP contribution < -0.4 is 9.62 Å². The summed E-state index contributed by atoms with van der Waals surface area (Å²) in [5.41, 5.74) is 1.31. The quantitative estimate of drug-likeness (QED) is 0.880. The summed E-state index contributed by atoms with van der Waals surface area (Å²) in [6.45, 7) is 0. The highest BCUT2D eigenvalue weighted by Gasteiger charge is 2.23. The van der Waals surface area contributed by atoms with Crippen LogP contribution in [0, 0.1) is 0 Å². The van der Waals surface area contributed by atoms with E-state index in [9.17, 15) is 13.2 Å². The van der Waals surface area contributed by atoms with Gasteiger partial charge < -0.3 is 10.0 Å². The molecule has 0 aliphatic rings. The topological polar surface area (TPSA) is 86.7 Å². The number of anilines is 2. The van der Waals surface area contributed by atoms with Crippen LogP contribution in [-0.4, -0.2) is 33.6 Å². The Morgan fingerprint density at radius 2 is 1.81 bits per heavy atom. The number of benzene rings is 1. The average molecular weight is 326 g/mol. The van der Waals surface area contributed by atoms with Gasteiger partial charge in [0.15, 0.2) is 0 Å². The van der Waals surface area contributed by atoms with Gasteiger partial charge in [-0.2, -0.15) is 0 Å². The predicted molar refractivity (Wildman–Crippen MR) is 82.9 cm³/mol. The van der Waals surface area contributed by atoms with E-state index in [2.05, 4.69) is 4.72 Å². The third-order valence-corrected chi connectivity index (χ3v) is 5.20. The van der Waals surface area contributed by atoms with E-state index in [1.54, 1.807) is 24.3 Å². The molecule has 0 aliphatic carbocycles. The van der Waals surface area contributed by atoms with Gasteiger partial charge in [-0.1, -0.05) is 0 Å². The lowest BCUT2D eigenvalue weighted by molar-refractivity contribution is 0.0698. The number of carbonyl (C=O) groups is 1. The van der Waals surface area contributed by atoms with Crippen molar-refractivity contribution in [2.75, 3.05) is 23.7 Å². The summed E-state index contributed by atoms with van der Waals surface area (Å²) in [6.07, 6.45) is 0. The normalized spacial score (nSPS) is 11.1. The Morgan fingerprint density at radius 3 is 2.33 bits per heavy atom. The second-order valence-corrected chi connectivity index (χ2v) is 7.03. The first kappa shape index (κ1) is 15.3. The molecule has 8 heteroatoms. The molecule has 21 heavy (non-hydrogen) atoms. The first-order valence-corrected chi connectivity index (χ1v) is 8.28. The number of nitrogens with one attached hydrogen (secondary N) is 1. The van der Waals surface area contributed by atoms with Crippen molar-refractivity contribution in [2.24, 2.45) is 0 Å². The summed E-state index contributed by atoms with van der Waals surface area (Å²) in [6, 6.07) is 8.07. The van der Waals surface area contributed by atoms with Crippen LogP contribution in [0.5, 0.6) is 0 Å². The monoisotopic (exact) mass is 326 g/mol. The number of thiophene rings is 1.